The number of urea groups is 1. The average molecular weight is 340 g/mol. The average Bonchev–Trinajstić information content (AvgIpc) is 2.86. The Morgan fingerprint density at radius 2 is 2.05 bits per heavy atom. The largest absolute Gasteiger partial charge is 0.336 e. The molecule has 1 fully saturated rings. The van der Waals surface area contributed by atoms with Crippen LogP contribution in [0.1, 0.15) is 19.3 Å². The predicted octanol–water partition coefficient (Wildman–Crippen LogP) is 2.72. The molecule has 0 aromatic heterocycles. The van der Waals surface area contributed by atoms with Gasteiger partial charge in [-0.2, -0.15) is 0 Å². The van der Waals surface area contributed by atoms with Crippen LogP contribution in [0.15, 0.2) is 24.3 Å². The molecule has 1 saturated heterocycles. The van der Waals surface area contributed by atoms with E-state index in [2.05, 4.69) is 26.6 Å². The fourth-order valence-corrected chi connectivity index (χ4v) is 2.44. The molecule has 20 heavy (non-hydrogen) atoms. The number of alkyl halides is 1. The van der Waals surface area contributed by atoms with Gasteiger partial charge in [0.15, 0.2) is 0 Å². The Balaban J connectivity index is 1.88. The van der Waals surface area contributed by atoms with Crippen LogP contribution in [0.4, 0.5) is 16.2 Å². The minimum absolute atomic E-state index is 0.0256. The van der Waals surface area contributed by atoms with Gasteiger partial charge in [0.2, 0.25) is 5.91 Å². The number of carbonyl (C=O) groups excluding carboxylic acids is 2. The van der Waals surface area contributed by atoms with E-state index in [1.807, 2.05) is 24.3 Å². The van der Waals surface area contributed by atoms with Gasteiger partial charge < -0.3 is 10.6 Å². The molecular formula is C14H18BrN3O2. The molecular weight excluding hydrogens is 322 g/mol. The van der Waals surface area contributed by atoms with Crippen molar-refractivity contribution in [3.05, 3.63) is 24.3 Å². The van der Waals surface area contributed by atoms with E-state index in [0.29, 0.717) is 19.5 Å². The van der Waals surface area contributed by atoms with Crippen LogP contribution in [0.2, 0.25) is 0 Å². The third-order valence-corrected chi connectivity index (χ3v) is 3.67. The number of nitrogens with zero attached hydrogens (tertiary/aromatic N) is 1. The minimum Gasteiger partial charge on any atom is -0.336 e. The second kappa shape index (κ2) is 7.28. The van der Waals surface area contributed by atoms with Gasteiger partial charge >= 0.3 is 6.03 Å². The molecule has 1 aliphatic heterocycles. The van der Waals surface area contributed by atoms with Gasteiger partial charge in [-0.05, 0) is 37.1 Å². The van der Waals surface area contributed by atoms with Crippen molar-refractivity contribution in [2.45, 2.75) is 19.3 Å². The van der Waals surface area contributed by atoms with Crippen molar-refractivity contribution in [3.63, 3.8) is 0 Å². The number of anilines is 2. The summed E-state index contributed by atoms with van der Waals surface area (Å²) in [7, 11) is 0. The summed E-state index contributed by atoms with van der Waals surface area (Å²) in [5.41, 5.74) is 1.61. The van der Waals surface area contributed by atoms with Gasteiger partial charge in [0.25, 0.3) is 0 Å². The van der Waals surface area contributed by atoms with Crippen LogP contribution in [-0.2, 0) is 4.79 Å². The lowest BCUT2D eigenvalue weighted by Gasteiger charge is -2.14. The molecule has 1 aromatic rings. The van der Waals surface area contributed by atoms with Crippen LogP contribution in [-0.4, -0.2) is 30.4 Å². The SMILES string of the molecule is O=C(CCCCBr)Nc1ccc(N2CCNC2=O)cc1. The van der Waals surface area contributed by atoms with Crippen molar-refractivity contribution in [2.24, 2.45) is 0 Å². The number of hydrogen-bond acceptors (Lipinski definition) is 2. The zero-order valence-corrected chi connectivity index (χ0v) is 12.8. The molecule has 2 rings (SSSR count). The standard InChI is InChI=1S/C14H18BrN3O2/c15-8-2-1-3-13(19)17-11-4-6-12(7-5-11)18-10-9-16-14(18)20/h4-7H,1-3,8-10H2,(H,16,20)(H,17,19). The minimum atomic E-state index is -0.0726. The second-order valence-electron chi connectivity index (χ2n) is 4.62. The Bertz CT molecular complexity index is 476. The van der Waals surface area contributed by atoms with Crippen LogP contribution in [0.3, 0.4) is 0 Å². The Labute approximate surface area is 126 Å². The topological polar surface area (TPSA) is 61.4 Å². The molecule has 1 aromatic carbocycles. The van der Waals surface area contributed by atoms with Crippen LogP contribution in [0.25, 0.3) is 0 Å². The zero-order valence-electron chi connectivity index (χ0n) is 11.2. The fraction of sp³-hybridized carbons (Fsp3) is 0.429. The monoisotopic (exact) mass is 339 g/mol. The molecule has 0 aliphatic carbocycles. The molecule has 0 atom stereocenters. The summed E-state index contributed by atoms with van der Waals surface area (Å²) in [6.45, 7) is 1.35. The van der Waals surface area contributed by atoms with E-state index in [0.717, 1.165) is 29.5 Å². The van der Waals surface area contributed by atoms with Crippen molar-refractivity contribution in [1.82, 2.24) is 5.32 Å². The molecule has 0 unspecified atom stereocenters. The lowest BCUT2D eigenvalue weighted by atomic mass is 10.2. The predicted molar refractivity (Wildman–Crippen MR) is 83.5 cm³/mol. The first-order chi connectivity index (χ1) is 9.70. The molecule has 6 heteroatoms. The van der Waals surface area contributed by atoms with Crippen LogP contribution in [0, 0.1) is 0 Å². The van der Waals surface area contributed by atoms with Gasteiger partial charge in [0, 0.05) is 36.2 Å². The van der Waals surface area contributed by atoms with Crippen LogP contribution >= 0.6 is 15.9 Å². The highest BCUT2D eigenvalue weighted by atomic mass is 79.9. The first-order valence-corrected chi connectivity index (χ1v) is 7.84. The number of hydrogen-bond donors (Lipinski definition) is 2. The molecule has 108 valence electrons. The van der Waals surface area contributed by atoms with E-state index < -0.39 is 0 Å². The number of halogens is 1. The van der Waals surface area contributed by atoms with Crippen LogP contribution < -0.4 is 15.5 Å². The summed E-state index contributed by atoms with van der Waals surface area (Å²) >= 11 is 3.34. The van der Waals surface area contributed by atoms with E-state index in [-0.39, 0.29) is 11.9 Å². The summed E-state index contributed by atoms with van der Waals surface area (Å²) in [6, 6.07) is 7.27. The maximum Gasteiger partial charge on any atom is 0.321 e. The third-order valence-electron chi connectivity index (χ3n) is 3.11. The molecule has 5 nitrogen and oxygen atoms in total. The number of carbonyl (C=O) groups is 2. The molecule has 0 radical (unpaired) electrons. The van der Waals surface area contributed by atoms with Crippen molar-refractivity contribution >= 4 is 39.2 Å². The van der Waals surface area contributed by atoms with E-state index in [1.54, 1.807) is 4.90 Å². The lowest BCUT2D eigenvalue weighted by Crippen LogP contribution is -2.27. The summed E-state index contributed by atoms with van der Waals surface area (Å²) in [6.07, 6.45) is 2.40. The second-order valence-corrected chi connectivity index (χ2v) is 5.42. The van der Waals surface area contributed by atoms with Crippen LogP contribution in [0.5, 0.6) is 0 Å². The number of unbranched alkanes of at least 4 members (excludes halogenated alkanes) is 1. The first kappa shape index (κ1) is 14.8. The number of amides is 3. The Hall–Kier alpha value is -1.56. The molecule has 2 N–H and O–H groups in total. The molecule has 1 aliphatic rings. The first-order valence-electron chi connectivity index (χ1n) is 6.72. The van der Waals surface area contributed by atoms with Gasteiger partial charge in [-0.25, -0.2) is 4.79 Å². The van der Waals surface area contributed by atoms with E-state index >= 15 is 0 Å². The lowest BCUT2D eigenvalue weighted by molar-refractivity contribution is -0.116. The summed E-state index contributed by atoms with van der Waals surface area (Å²) in [5.74, 6) is 0.0256. The van der Waals surface area contributed by atoms with E-state index in [9.17, 15) is 9.59 Å². The molecule has 0 bridgehead atoms. The number of nitrogens with one attached hydrogen (secondary N) is 2. The summed E-state index contributed by atoms with van der Waals surface area (Å²) < 4.78 is 0. The zero-order chi connectivity index (χ0) is 14.4. The van der Waals surface area contributed by atoms with Crippen molar-refractivity contribution < 1.29 is 9.59 Å². The van der Waals surface area contributed by atoms with Crippen molar-refractivity contribution in [1.29, 1.82) is 0 Å². The molecule has 0 saturated carbocycles. The Morgan fingerprint density at radius 1 is 1.30 bits per heavy atom. The maximum atomic E-state index is 11.7. The Morgan fingerprint density at radius 3 is 2.65 bits per heavy atom. The summed E-state index contributed by atoms with van der Waals surface area (Å²) in [5, 5.41) is 6.54. The van der Waals surface area contributed by atoms with Gasteiger partial charge in [0.05, 0.1) is 0 Å². The van der Waals surface area contributed by atoms with Crippen molar-refractivity contribution in [2.75, 3.05) is 28.6 Å². The van der Waals surface area contributed by atoms with E-state index in [1.165, 1.54) is 0 Å². The highest BCUT2D eigenvalue weighted by Gasteiger charge is 2.20. The van der Waals surface area contributed by atoms with E-state index in [4.69, 9.17) is 0 Å². The van der Waals surface area contributed by atoms with Crippen molar-refractivity contribution in [3.8, 4) is 0 Å². The fourth-order valence-electron chi connectivity index (χ4n) is 2.05. The highest BCUT2D eigenvalue weighted by molar-refractivity contribution is 9.09. The molecule has 1 heterocycles. The van der Waals surface area contributed by atoms with Gasteiger partial charge in [-0.1, -0.05) is 15.9 Å². The summed E-state index contributed by atoms with van der Waals surface area (Å²) in [4.78, 5) is 24.9. The Kier molecular flexibility index (Phi) is 5.40. The maximum absolute atomic E-state index is 11.7. The molecule has 0 spiro atoms. The number of benzene rings is 1. The van der Waals surface area contributed by atoms with Gasteiger partial charge in [0.1, 0.15) is 0 Å². The third kappa shape index (κ3) is 3.96. The smallest absolute Gasteiger partial charge is 0.321 e. The quantitative estimate of drug-likeness (QED) is 0.618. The highest BCUT2D eigenvalue weighted by Crippen LogP contribution is 2.19. The van der Waals surface area contributed by atoms with Gasteiger partial charge in [-0.15, -0.1) is 0 Å². The van der Waals surface area contributed by atoms with Gasteiger partial charge in [-0.3, -0.25) is 9.69 Å². The number of rotatable bonds is 6. The molecule has 3 amide bonds. The normalized spacial score (nSPS) is 14.2.